The number of β-lactam (4-membered cyclic amide) rings is 1. The van der Waals surface area contributed by atoms with Crippen molar-refractivity contribution in [2.75, 3.05) is 12.0 Å². The second-order valence-electron chi connectivity index (χ2n) is 5.02. The van der Waals surface area contributed by atoms with Crippen LogP contribution in [0, 0.1) is 0 Å². The summed E-state index contributed by atoms with van der Waals surface area (Å²) in [4.78, 5) is 13.8. The number of nitrogens with two attached hydrogens (primary N) is 1. The largest absolute Gasteiger partial charge is 0.495 e. The van der Waals surface area contributed by atoms with Crippen LogP contribution in [0.1, 0.15) is 11.6 Å². The fourth-order valence-corrected chi connectivity index (χ4v) is 3.15. The van der Waals surface area contributed by atoms with E-state index >= 15 is 0 Å². The van der Waals surface area contributed by atoms with E-state index in [-0.39, 0.29) is 11.9 Å². The van der Waals surface area contributed by atoms with Crippen LogP contribution in [0.25, 0.3) is 0 Å². The van der Waals surface area contributed by atoms with E-state index in [2.05, 4.69) is 0 Å². The molecule has 0 radical (unpaired) electrons. The molecule has 0 aromatic heterocycles. The van der Waals surface area contributed by atoms with Gasteiger partial charge in [-0.2, -0.15) is 0 Å². The van der Waals surface area contributed by atoms with Crippen LogP contribution in [0.2, 0.25) is 10.0 Å². The molecule has 0 aliphatic carbocycles. The molecule has 0 spiro atoms. The monoisotopic (exact) mass is 336 g/mol. The topological polar surface area (TPSA) is 55.6 Å². The third-order valence-electron chi connectivity index (χ3n) is 3.78. The summed E-state index contributed by atoms with van der Waals surface area (Å²) in [6.45, 7) is 0. The second kappa shape index (κ2) is 5.80. The molecule has 0 saturated carbocycles. The first-order valence-electron chi connectivity index (χ1n) is 6.71. The number of benzene rings is 2. The van der Waals surface area contributed by atoms with Gasteiger partial charge in [0.05, 0.1) is 18.2 Å². The van der Waals surface area contributed by atoms with E-state index in [1.807, 2.05) is 18.2 Å². The maximum absolute atomic E-state index is 12.2. The van der Waals surface area contributed by atoms with Crippen molar-refractivity contribution >= 4 is 34.8 Å². The first-order chi connectivity index (χ1) is 10.5. The van der Waals surface area contributed by atoms with E-state index in [0.717, 1.165) is 5.56 Å². The van der Waals surface area contributed by atoms with Gasteiger partial charge < -0.3 is 15.4 Å². The molecule has 1 heterocycles. The molecule has 1 aliphatic rings. The maximum Gasteiger partial charge on any atom is 0.247 e. The number of hydrogen-bond donors (Lipinski definition) is 1. The molecule has 2 aromatic carbocycles. The fraction of sp³-hybridized carbons (Fsp3) is 0.188. The number of rotatable bonds is 3. The molecular formula is C16H14Cl2N2O2. The smallest absolute Gasteiger partial charge is 0.247 e. The highest BCUT2D eigenvalue weighted by atomic mass is 35.5. The summed E-state index contributed by atoms with van der Waals surface area (Å²) >= 11 is 12.4. The Bertz CT molecular complexity index is 736. The van der Waals surface area contributed by atoms with Crippen molar-refractivity contribution in [3.05, 3.63) is 58.1 Å². The zero-order chi connectivity index (χ0) is 15.9. The van der Waals surface area contributed by atoms with Crippen molar-refractivity contribution in [1.29, 1.82) is 0 Å². The van der Waals surface area contributed by atoms with Gasteiger partial charge in [0.2, 0.25) is 5.91 Å². The summed E-state index contributed by atoms with van der Waals surface area (Å²) in [6.07, 6.45) is 0. The SMILES string of the molecule is COc1ccc(N2C(=O)[C@H](N)[C@@H]2c2ccccc2Cl)cc1Cl. The molecule has 114 valence electrons. The quantitative estimate of drug-likeness (QED) is 0.873. The number of nitrogens with zero attached hydrogens (tertiary/aromatic N) is 1. The van der Waals surface area contributed by atoms with Crippen LogP contribution in [0.15, 0.2) is 42.5 Å². The van der Waals surface area contributed by atoms with E-state index in [1.165, 1.54) is 7.11 Å². The molecule has 3 rings (SSSR count). The number of hydrogen-bond acceptors (Lipinski definition) is 3. The Kier molecular flexibility index (Phi) is 4.00. The first-order valence-corrected chi connectivity index (χ1v) is 7.47. The van der Waals surface area contributed by atoms with Crippen molar-refractivity contribution in [2.24, 2.45) is 5.73 Å². The first kappa shape index (κ1) is 15.2. The minimum absolute atomic E-state index is 0.161. The molecular weight excluding hydrogens is 323 g/mol. The summed E-state index contributed by atoms with van der Waals surface area (Å²) in [5.41, 5.74) is 7.47. The van der Waals surface area contributed by atoms with Crippen LogP contribution in [0.5, 0.6) is 5.75 Å². The van der Waals surface area contributed by atoms with Crippen molar-refractivity contribution in [1.82, 2.24) is 0 Å². The van der Waals surface area contributed by atoms with Gasteiger partial charge in [-0.05, 0) is 29.8 Å². The zero-order valence-electron chi connectivity index (χ0n) is 11.8. The molecule has 4 nitrogen and oxygen atoms in total. The highest BCUT2D eigenvalue weighted by Crippen LogP contribution is 2.42. The number of methoxy groups -OCH3 is 1. The van der Waals surface area contributed by atoms with Gasteiger partial charge in [-0.25, -0.2) is 0 Å². The van der Waals surface area contributed by atoms with Crippen LogP contribution in [-0.2, 0) is 4.79 Å². The molecule has 6 heteroatoms. The number of carbonyl (C=O) groups excluding carboxylic acids is 1. The van der Waals surface area contributed by atoms with Crippen LogP contribution in [0.3, 0.4) is 0 Å². The van der Waals surface area contributed by atoms with Crippen LogP contribution < -0.4 is 15.4 Å². The molecule has 2 N–H and O–H groups in total. The Morgan fingerprint density at radius 2 is 1.86 bits per heavy atom. The lowest BCUT2D eigenvalue weighted by molar-refractivity contribution is -0.126. The minimum atomic E-state index is -0.610. The molecule has 2 aromatic rings. The second-order valence-corrected chi connectivity index (χ2v) is 5.83. The predicted molar refractivity (Wildman–Crippen MR) is 87.7 cm³/mol. The summed E-state index contributed by atoms with van der Waals surface area (Å²) < 4.78 is 5.13. The van der Waals surface area contributed by atoms with Crippen molar-refractivity contribution in [2.45, 2.75) is 12.1 Å². The van der Waals surface area contributed by atoms with Crippen LogP contribution >= 0.6 is 23.2 Å². The van der Waals surface area contributed by atoms with E-state index in [0.29, 0.717) is 21.5 Å². The maximum atomic E-state index is 12.2. The van der Waals surface area contributed by atoms with Gasteiger partial charge >= 0.3 is 0 Å². The minimum Gasteiger partial charge on any atom is -0.495 e. The van der Waals surface area contributed by atoms with E-state index in [9.17, 15) is 4.79 Å². The van der Waals surface area contributed by atoms with Crippen molar-refractivity contribution < 1.29 is 9.53 Å². The zero-order valence-corrected chi connectivity index (χ0v) is 13.3. The van der Waals surface area contributed by atoms with Gasteiger partial charge in [0, 0.05) is 10.7 Å². The Hall–Kier alpha value is -1.75. The molecule has 1 saturated heterocycles. The van der Waals surface area contributed by atoms with Crippen molar-refractivity contribution in [3.8, 4) is 5.75 Å². The molecule has 1 aliphatic heterocycles. The summed E-state index contributed by atoms with van der Waals surface area (Å²) in [5.74, 6) is 0.392. The van der Waals surface area contributed by atoms with Gasteiger partial charge in [-0.1, -0.05) is 41.4 Å². The molecule has 22 heavy (non-hydrogen) atoms. The third kappa shape index (κ3) is 2.33. The standard InChI is InChI=1S/C16H14Cl2N2O2/c1-22-13-7-6-9(8-12(13)18)20-15(14(19)16(20)21)10-4-2-3-5-11(10)17/h2-8,14-15H,19H2,1H3/t14-,15+/m1/s1. The van der Waals surface area contributed by atoms with E-state index in [4.69, 9.17) is 33.7 Å². The number of amides is 1. The highest BCUT2D eigenvalue weighted by Gasteiger charge is 2.47. The molecule has 0 unspecified atom stereocenters. The van der Waals surface area contributed by atoms with Crippen LogP contribution in [-0.4, -0.2) is 19.1 Å². The average molecular weight is 337 g/mol. The summed E-state index contributed by atoms with van der Waals surface area (Å²) in [7, 11) is 1.54. The third-order valence-corrected chi connectivity index (χ3v) is 4.42. The molecule has 1 fully saturated rings. The number of ether oxygens (including phenoxy) is 1. The summed E-state index contributed by atoms with van der Waals surface area (Å²) in [6, 6.07) is 11.6. The summed E-state index contributed by atoms with van der Waals surface area (Å²) in [5, 5.41) is 1.02. The van der Waals surface area contributed by atoms with E-state index < -0.39 is 6.04 Å². The van der Waals surface area contributed by atoms with Crippen LogP contribution in [0.4, 0.5) is 5.69 Å². The van der Waals surface area contributed by atoms with Gasteiger partial charge in [0.25, 0.3) is 0 Å². The molecule has 1 amide bonds. The van der Waals surface area contributed by atoms with Gasteiger partial charge in [0.1, 0.15) is 11.8 Å². The Morgan fingerprint density at radius 3 is 2.50 bits per heavy atom. The fourth-order valence-electron chi connectivity index (χ4n) is 2.65. The van der Waals surface area contributed by atoms with Gasteiger partial charge in [-0.15, -0.1) is 0 Å². The van der Waals surface area contributed by atoms with Crippen molar-refractivity contribution in [3.63, 3.8) is 0 Å². The molecule has 2 atom stereocenters. The Labute approximate surface area is 138 Å². The predicted octanol–water partition coefficient (Wildman–Crippen LogP) is 3.42. The van der Waals surface area contributed by atoms with Gasteiger partial charge in [0.15, 0.2) is 0 Å². The van der Waals surface area contributed by atoms with Gasteiger partial charge in [-0.3, -0.25) is 4.79 Å². The normalized spacial score (nSPS) is 20.7. The number of anilines is 1. The molecule has 0 bridgehead atoms. The Balaban J connectivity index is 2.00. The van der Waals surface area contributed by atoms with E-state index in [1.54, 1.807) is 29.2 Å². The Morgan fingerprint density at radius 1 is 1.14 bits per heavy atom. The number of halogens is 2. The lowest BCUT2D eigenvalue weighted by Gasteiger charge is -2.46. The lowest BCUT2D eigenvalue weighted by Crippen LogP contribution is -2.63. The highest BCUT2D eigenvalue weighted by molar-refractivity contribution is 6.32. The average Bonchev–Trinajstić information content (AvgIpc) is 2.52. The lowest BCUT2D eigenvalue weighted by atomic mass is 9.88. The number of carbonyl (C=O) groups is 1.